The molecule has 1 N–H and O–H groups in total. The van der Waals surface area contributed by atoms with E-state index in [4.69, 9.17) is 9.84 Å². The Labute approximate surface area is 42.4 Å². The van der Waals surface area contributed by atoms with Crippen molar-refractivity contribution < 1.29 is 9.84 Å². The van der Waals surface area contributed by atoms with Crippen molar-refractivity contribution in [2.75, 3.05) is 13.2 Å². The first kappa shape index (κ1) is 4.81. The molecule has 0 radical (unpaired) electrons. The molecule has 0 spiro atoms. The van der Waals surface area contributed by atoms with Crippen LogP contribution in [0.1, 0.15) is 0 Å². The fraction of sp³-hybridized carbons (Fsp3) is 0.600. The Balaban J connectivity index is 2.28. The number of hydrogen-bond acceptors (Lipinski definition) is 2. The minimum absolute atomic E-state index is 0.0278. The van der Waals surface area contributed by atoms with Gasteiger partial charge in [0.1, 0.15) is 0 Å². The Morgan fingerprint density at radius 3 is 3.00 bits per heavy atom. The molecule has 0 saturated carbocycles. The SMILES string of the molecule is OCC1C=CCO1. The lowest BCUT2D eigenvalue weighted by Gasteiger charge is -1.99. The highest BCUT2D eigenvalue weighted by Gasteiger charge is 2.04. The van der Waals surface area contributed by atoms with Gasteiger partial charge in [0.05, 0.1) is 19.3 Å². The summed E-state index contributed by atoms with van der Waals surface area (Å²) in [5.74, 6) is 0. The number of aliphatic hydroxyl groups is 1. The zero-order valence-electron chi connectivity index (χ0n) is 4.00. The number of hydrogen-bond donors (Lipinski definition) is 1. The summed E-state index contributed by atoms with van der Waals surface area (Å²) in [6.45, 7) is 0.766. The summed E-state index contributed by atoms with van der Waals surface area (Å²) >= 11 is 0. The normalized spacial score (nSPS) is 29.0. The molecule has 2 nitrogen and oxygen atoms in total. The Morgan fingerprint density at radius 1 is 1.86 bits per heavy atom. The molecular formula is C5H8O2. The summed E-state index contributed by atoms with van der Waals surface area (Å²) in [5.41, 5.74) is 0. The van der Waals surface area contributed by atoms with Crippen LogP contribution < -0.4 is 0 Å². The molecule has 7 heavy (non-hydrogen) atoms. The van der Waals surface area contributed by atoms with Gasteiger partial charge in [0.25, 0.3) is 0 Å². The van der Waals surface area contributed by atoms with Crippen LogP contribution >= 0.6 is 0 Å². The number of rotatable bonds is 1. The molecule has 1 atom stereocenters. The standard InChI is InChI=1S/C5H8O2/c6-4-5-2-1-3-7-5/h1-2,5-6H,3-4H2. The molecule has 1 rings (SSSR count). The van der Waals surface area contributed by atoms with Gasteiger partial charge in [-0.2, -0.15) is 0 Å². The molecule has 0 amide bonds. The molecule has 0 aromatic rings. The van der Waals surface area contributed by atoms with Gasteiger partial charge in [0, 0.05) is 0 Å². The first-order valence-corrected chi connectivity index (χ1v) is 2.32. The average molecular weight is 100 g/mol. The van der Waals surface area contributed by atoms with Crippen molar-refractivity contribution in [3.05, 3.63) is 12.2 Å². The zero-order valence-corrected chi connectivity index (χ0v) is 4.00. The molecule has 0 aromatic heterocycles. The maximum absolute atomic E-state index is 8.39. The third kappa shape index (κ3) is 1.01. The summed E-state index contributed by atoms with van der Waals surface area (Å²) in [6.07, 6.45) is 3.74. The Kier molecular flexibility index (Phi) is 1.44. The van der Waals surface area contributed by atoms with E-state index in [1.165, 1.54) is 0 Å². The maximum Gasteiger partial charge on any atom is 0.0991 e. The molecule has 0 saturated heterocycles. The largest absolute Gasteiger partial charge is 0.393 e. The van der Waals surface area contributed by atoms with Crippen molar-refractivity contribution in [3.8, 4) is 0 Å². The van der Waals surface area contributed by atoms with Gasteiger partial charge in [0.15, 0.2) is 0 Å². The van der Waals surface area contributed by atoms with Gasteiger partial charge < -0.3 is 9.84 Å². The van der Waals surface area contributed by atoms with E-state index in [0.717, 1.165) is 0 Å². The quantitative estimate of drug-likeness (QED) is 0.467. The molecule has 2 heteroatoms. The van der Waals surface area contributed by atoms with E-state index < -0.39 is 0 Å². The van der Waals surface area contributed by atoms with Crippen molar-refractivity contribution in [2.24, 2.45) is 0 Å². The minimum atomic E-state index is -0.0278. The zero-order chi connectivity index (χ0) is 5.11. The molecule has 0 fully saturated rings. The predicted molar refractivity (Wildman–Crippen MR) is 26.0 cm³/mol. The second-order valence-corrected chi connectivity index (χ2v) is 1.48. The minimum Gasteiger partial charge on any atom is -0.393 e. The van der Waals surface area contributed by atoms with Crippen molar-refractivity contribution in [1.82, 2.24) is 0 Å². The summed E-state index contributed by atoms with van der Waals surface area (Å²) in [7, 11) is 0. The Hall–Kier alpha value is -0.340. The lowest BCUT2D eigenvalue weighted by atomic mass is 10.4. The second kappa shape index (κ2) is 2.09. The Morgan fingerprint density at radius 2 is 2.71 bits per heavy atom. The summed E-state index contributed by atoms with van der Waals surface area (Å²) in [6, 6.07) is 0. The third-order valence-corrected chi connectivity index (χ3v) is 0.937. The van der Waals surface area contributed by atoms with Crippen LogP contribution in [0.4, 0.5) is 0 Å². The highest BCUT2D eigenvalue weighted by molar-refractivity contribution is 4.95. The van der Waals surface area contributed by atoms with E-state index >= 15 is 0 Å². The van der Waals surface area contributed by atoms with Crippen molar-refractivity contribution in [1.29, 1.82) is 0 Å². The first-order chi connectivity index (χ1) is 3.43. The van der Waals surface area contributed by atoms with Gasteiger partial charge in [-0.3, -0.25) is 0 Å². The summed E-state index contributed by atoms with van der Waals surface area (Å²) in [5, 5.41) is 8.39. The van der Waals surface area contributed by atoms with Crippen molar-refractivity contribution in [2.45, 2.75) is 6.10 Å². The van der Waals surface area contributed by atoms with Crippen LogP contribution in [0.2, 0.25) is 0 Å². The molecule has 0 aromatic carbocycles. The van der Waals surface area contributed by atoms with Gasteiger partial charge in [0.2, 0.25) is 0 Å². The van der Waals surface area contributed by atoms with Crippen molar-refractivity contribution >= 4 is 0 Å². The average Bonchev–Trinajstić information content (AvgIpc) is 2.14. The first-order valence-electron chi connectivity index (χ1n) is 2.32. The van der Waals surface area contributed by atoms with E-state index in [1.807, 2.05) is 12.2 Å². The fourth-order valence-corrected chi connectivity index (χ4v) is 0.556. The number of ether oxygens (including phenoxy) is 1. The summed E-state index contributed by atoms with van der Waals surface area (Å²) in [4.78, 5) is 0. The van der Waals surface area contributed by atoms with Gasteiger partial charge in [-0.25, -0.2) is 0 Å². The van der Waals surface area contributed by atoms with Gasteiger partial charge >= 0.3 is 0 Å². The predicted octanol–water partition coefficient (Wildman–Crippen LogP) is -0.0663. The highest BCUT2D eigenvalue weighted by Crippen LogP contribution is 1.99. The van der Waals surface area contributed by atoms with Crippen LogP contribution in [0.15, 0.2) is 12.2 Å². The monoisotopic (exact) mass is 100 g/mol. The topological polar surface area (TPSA) is 29.5 Å². The lowest BCUT2D eigenvalue weighted by Crippen LogP contribution is -2.08. The van der Waals surface area contributed by atoms with E-state index in [9.17, 15) is 0 Å². The summed E-state index contributed by atoms with van der Waals surface area (Å²) < 4.78 is 4.94. The van der Waals surface area contributed by atoms with Gasteiger partial charge in [-0.05, 0) is 0 Å². The van der Waals surface area contributed by atoms with Crippen LogP contribution in [-0.2, 0) is 4.74 Å². The Bertz CT molecular complexity index is 78.1. The van der Waals surface area contributed by atoms with Crippen molar-refractivity contribution in [3.63, 3.8) is 0 Å². The van der Waals surface area contributed by atoms with Crippen LogP contribution in [-0.4, -0.2) is 24.4 Å². The second-order valence-electron chi connectivity index (χ2n) is 1.48. The molecule has 40 valence electrons. The maximum atomic E-state index is 8.39. The number of aliphatic hydroxyl groups excluding tert-OH is 1. The molecular weight excluding hydrogens is 92.1 g/mol. The van der Waals surface area contributed by atoms with E-state index in [0.29, 0.717) is 6.61 Å². The van der Waals surface area contributed by atoms with Crippen LogP contribution in [0.3, 0.4) is 0 Å². The van der Waals surface area contributed by atoms with E-state index in [1.54, 1.807) is 0 Å². The molecule has 0 bridgehead atoms. The smallest absolute Gasteiger partial charge is 0.0991 e. The fourth-order valence-electron chi connectivity index (χ4n) is 0.556. The van der Waals surface area contributed by atoms with Gasteiger partial charge in [-0.15, -0.1) is 0 Å². The van der Waals surface area contributed by atoms with E-state index in [2.05, 4.69) is 0 Å². The molecule has 0 aliphatic carbocycles. The third-order valence-electron chi connectivity index (χ3n) is 0.937. The van der Waals surface area contributed by atoms with Gasteiger partial charge in [-0.1, -0.05) is 12.2 Å². The van der Waals surface area contributed by atoms with Crippen LogP contribution in [0.5, 0.6) is 0 Å². The molecule has 1 aliphatic rings. The lowest BCUT2D eigenvalue weighted by molar-refractivity contribution is 0.0748. The molecule has 1 unspecified atom stereocenters. The highest BCUT2D eigenvalue weighted by atomic mass is 16.5. The molecule has 1 heterocycles. The van der Waals surface area contributed by atoms with E-state index in [-0.39, 0.29) is 12.7 Å². The molecule has 1 aliphatic heterocycles. The van der Waals surface area contributed by atoms with Crippen LogP contribution in [0, 0.1) is 0 Å². The van der Waals surface area contributed by atoms with Crippen LogP contribution in [0.25, 0.3) is 0 Å².